The SMILES string of the molecule is COc1ccc(CCC(=O)Nc2ccc(C(=O)OC3CCCCC3)cc2)cc1OC. The monoisotopic (exact) mass is 411 g/mol. The van der Waals surface area contributed by atoms with Crippen molar-refractivity contribution < 1.29 is 23.8 Å². The van der Waals surface area contributed by atoms with Crippen LogP contribution in [0.15, 0.2) is 42.5 Å². The van der Waals surface area contributed by atoms with E-state index in [4.69, 9.17) is 14.2 Å². The van der Waals surface area contributed by atoms with Crippen LogP contribution in [-0.2, 0) is 16.0 Å². The van der Waals surface area contributed by atoms with Gasteiger partial charge in [-0.25, -0.2) is 4.79 Å². The molecule has 6 nitrogen and oxygen atoms in total. The number of carbonyl (C=O) groups excluding carboxylic acids is 2. The molecule has 1 aliphatic rings. The summed E-state index contributed by atoms with van der Waals surface area (Å²) in [6.07, 6.45) is 6.29. The first-order valence-electron chi connectivity index (χ1n) is 10.4. The van der Waals surface area contributed by atoms with Gasteiger partial charge in [0, 0.05) is 12.1 Å². The predicted molar refractivity (Wildman–Crippen MR) is 115 cm³/mol. The van der Waals surface area contributed by atoms with Crippen LogP contribution in [0, 0.1) is 0 Å². The molecule has 1 amide bonds. The molecular formula is C24H29NO5. The van der Waals surface area contributed by atoms with Gasteiger partial charge in [0.25, 0.3) is 0 Å². The minimum atomic E-state index is -0.298. The third kappa shape index (κ3) is 5.99. The molecule has 2 aromatic rings. The van der Waals surface area contributed by atoms with Gasteiger partial charge in [0.15, 0.2) is 11.5 Å². The molecule has 1 saturated carbocycles. The molecule has 1 aliphatic carbocycles. The van der Waals surface area contributed by atoms with Gasteiger partial charge in [-0.3, -0.25) is 4.79 Å². The van der Waals surface area contributed by atoms with E-state index in [0.29, 0.717) is 35.6 Å². The second kappa shape index (κ2) is 10.7. The first-order chi connectivity index (χ1) is 14.6. The number of hydrogen-bond donors (Lipinski definition) is 1. The molecule has 0 aromatic heterocycles. The number of carbonyl (C=O) groups is 2. The van der Waals surface area contributed by atoms with Crippen molar-refractivity contribution in [1.29, 1.82) is 0 Å². The molecule has 1 fully saturated rings. The molecule has 0 saturated heterocycles. The lowest BCUT2D eigenvalue weighted by Gasteiger charge is -2.21. The molecule has 0 spiro atoms. The summed E-state index contributed by atoms with van der Waals surface area (Å²) in [4.78, 5) is 24.6. The molecule has 30 heavy (non-hydrogen) atoms. The number of nitrogens with one attached hydrogen (secondary N) is 1. The van der Waals surface area contributed by atoms with E-state index in [9.17, 15) is 9.59 Å². The van der Waals surface area contributed by atoms with E-state index in [1.807, 2.05) is 18.2 Å². The first-order valence-corrected chi connectivity index (χ1v) is 10.4. The van der Waals surface area contributed by atoms with Gasteiger partial charge in [0.1, 0.15) is 6.10 Å². The molecule has 0 aliphatic heterocycles. The lowest BCUT2D eigenvalue weighted by molar-refractivity contribution is -0.116. The second-order valence-electron chi connectivity index (χ2n) is 7.48. The normalized spacial score (nSPS) is 14.1. The number of anilines is 1. The molecule has 3 rings (SSSR count). The topological polar surface area (TPSA) is 73.9 Å². The van der Waals surface area contributed by atoms with Gasteiger partial charge in [-0.1, -0.05) is 12.5 Å². The maximum atomic E-state index is 12.3. The fraction of sp³-hybridized carbons (Fsp3) is 0.417. The van der Waals surface area contributed by atoms with Crippen LogP contribution in [0.2, 0.25) is 0 Å². The number of esters is 1. The number of amides is 1. The van der Waals surface area contributed by atoms with Gasteiger partial charge >= 0.3 is 5.97 Å². The highest BCUT2D eigenvalue weighted by Crippen LogP contribution is 2.28. The summed E-state index contributed by atoms with van der Waals surface area (Å²) < 4.78 is 16.1. The van der Waals surface area contributed by atoms with Gasteiger partial charge < -0.3 is 19.5 Å². The van der Waals surface area contributed by atoms with E-state index in [1.165, 1.54) is 6.42 Å². The quantitative estimate of drug-likeness (QED) is 0.634. The van der Waals surface area contributed by atoms with Crippen molar-refractivity contribution in [2.75, 3.05) is 19.5 Å². The zero-order chi connectivity index (χ0) is 21.3. The van der Waals surface area contributed by atoms with E-state index in [0.717, 1.165) is 31.2 Å². The van der Waals surface area contributed by atoms with E-state index in [-0.39, 0.29) is 18.0 Å². The Morgan fingerprint density at radius 1 is 0.933 bits per heavy atom. The molecule has 6 heteroatoms. The van der Waals surface area contributed by atoms with Gasteiger partial charge in [-0.05, 0) is 74.1 Å². The van der Waals surface area contributed by atoms with Crippen molar-refractivity contribution in [2.45, 2.75) is 51.0 Å². The maximum Gasteiger partial charge on any atom is 0.338 e. The molecular weight excluding hydrogens is 382 g/mol. The zero-order valence-electron chi connectivity index (χ0n) is 17.6. The van der Waals surface area contributed by atoms with E-state index in [2.05, 4.69) is 5.32 Å². The Morgan fingerprint density at radius 3 is 2.30 bits per heavy atom. The standard InChI is InChI=1S/C24H29NO5/c1-28-21-14-8-17(16-22(21)29-2)9-15-23(26)25-19-12-10-18(11-13-19)24(27)30-20-6-4-3-5-7-20/h8,10-14,16,20H,3-7,9,15H2,1-2H3,(H,25,26). The Hall–Kier alpha value is -3.02. The summed E-state index contributed by atoms with van der Waals surface area (Å²) in [5, 5.41) is 2.86. The largest absolute Gasteiger partial charge is 0.493 e. The van der Waals surface area contributed by atoms with Crippen LogP contribution in [0.25, 0.3) is 0 Å². The fourth-order valence-electron chi connectivity index (χ4n) is 3.61. The highest BCUT2D eigenvalue weighted by molar-refractivity contribution is 5.93. The predicted octanol–water partition coefficient (Wildman–Crippen LogP) is 4.76. The molecule has 0 heterocycles. The summed E-state index contributed by atoms with van der Waals surface area (Å²) in [6.45, 7) is 0. The summed E-state index contributed by atoms with van der Waals surface area (Å²) in [7, 11) is 3.18. The van der Waals surface area contributed by atoms with Crippen molar-refractivity contribution in [1.82, 2.24) is 0 Å². The number of aryl methyl sites for hydroxylation is 1. The Bertz CT molecular complexity index is 856. The Balaban J connectivity index is 1.49. The number of benzene rings is 2. The summed E-state index contributed by atoms with van der Waals surface area (Å²) in [5.41, 5.74) is 2.15. The average molecular weight is 411 g/mol. The number of rotatable bonds is 8. The summed E-state index contributed by atoms with van der Waals surface area (Å²) in [5.74, 6) is 0.912. The van der Waals surface area contributed by atoms with Crippen LogP contribution in [0.3, 0.4) is 0 Å². The average Bonchev–Trinajstić information content (AvgIpc) is 2.78. The van der Waals surface area contributed by atoms with Crippen molar-refractivity contribution in [3.63, 3.8) is 0 Å². The third-order valence-electron chi connectivity index (χ3n) is 5.32. The Morgan fingerprint density at radius 2 is 1.63 bits per heavy atom. The van der Waals surface area contributed by atoms with Gasteiger partial charge in [-0.2, -0.15) is 0 Å². The molecule has 0 radical (unpaired) electrons. The van der Waals surface area contributed by atoms with E-state index < -0.39 is 0 Å². The van der Waals surface area contributed by atoms with Crippen LogP contribution in [0.4, 0.5) is 5.69 Å². The lowest BCUT2D eigenvalue weighted by Crippen LogP contribution is -2.21. The third-order valence-corrected chi connectivity index (χ3v) is 5.32. The second-order valence-corrected chi connectivity index (χ2v) is 7.48. The number of hydrogen-bond acceptors (Lipinski definition) is 5. The Labute approximate surface area is 177 Å². The molecule has 1 N–H and O–H groups in total. The van der Waals surface area contributed by atoms with Crippen LogP contribution >= 0.6 is 0 Å². The number of methoxy groups -OCH3 is 2. The van der Waals surface area contributed by atoms with Gasteiger partial charge in [0.2, 0.25) is 5.91 Å². The van der Waals surface area contributed by atoms with Crippen molar-refractivity contribution in [3.05, 3.63) is 53.6 Å². The molecule has 0 atom stereocenters. The molecule has 160 valence electrons. The molecule has 2 aromatic carbocycles. The smallest absolute Gasteiger partial charge is 0.338 e. The van der Waals surface area contributed by atoms with Crippen LogP contribution in [0.1, 0.15) is 54.4 Å². The highest BCUT2D eigenvalue weighted by Gasteiger charge is 2.18. The highest BCUT2D eigenvalue weighted by atomic mass is 16.5. The van der Waals surface area contributed by atoms with Gasteiger partial charge in [-0.15, -0.1) is 0 Å². The van der Waals surface area contributed by atoms with E-state index in [1.54, 1.807) is 38.5 Å². The zero-order valence-corrected chi connectivity index (χ0v) is 17.6. The molecule has 0 bridgehead atoms. The van der Waals surface area contributed by atoms with Crippen LogP contribution in [-0.4, -0.2) is 32.2 Å². The Kier molecular flexibility index (Phi) is 7.71. The summed E-state index contributed by atoms with van der Waals surface area (Å²) >= 11 is 0. The van der Waals surface area contributed by atoms with Crippen molar-refractivity contribution in [2.24, 2.45) is 0 Å². The maximum absolute atomic E-state index is 12.3. The fourth-order valence-corrected chi connectivity index (χ4v) is 3.61. The van der Waals surface area contributed by atoms with Crippen molar-refractivity contribution >= 4 is 17.6 Å². The minimum absolute atomic E-state index is 0.0298. The van der Waals surface area contributed by atoms with Crippen LogP contribution < -0.4 is 14.8 Å². The van der Waals surface area contributed by atoms with Gasteiger partial charge in [0.05, 0.1) is 19.8 Å². The lowest BCUT2D eigenvalue weighted by atomic mass is 9.98. The number of ether oxygens (including phenoxy) is 3. The first kappa shape index (κ1) is 21.7. The summed E-state index contributed by atoms with van der Waals surface area (Å²) in [6, 6.07) is 12.5. The van der Waals surface area contributed by atoms with Crippen molar-refractivity contribution in [3.8, 4) is 11.5 Å². The van der Waals surface area contributed by atoms with E-state index >= 15 is 0 Å². The van der Waals surface area contributed by atoms with Crippen LogP contribution in [0.5, 0.6) is 11.5 Å². The molecule has 0 unspecified atom stereocenters. The minimum Gasteiger partial charge on any atom is -0.493 e.